The highest BCUT2D eigenvalue weighted by Gasteiger charge is 2.51. The van der Waals surface area contributed by atoms with Gasteiger partial charge in [0.25, 0.3) is 0 Å². The molecule has 6 nitrogen and oxygen atoms in total. The molecule has 0 aromatic heterocycles. The summed E-state index contributed by atoms with van der Waals surface area (Å²) in [5.74, 6) is 0. The maximum absolute atomic E-state index is 9.67. The lowest BCUT2D eigenvalue weighted by Gasteiger charge is -2.46. The SMILES string of the molecule is CC(C)OC1OC(C)(CO)C(O)C(O)C1O. The standard InChI is InChI=1S/C10H20O6/c1-5(2)15-9-7(13)6(12)8(14)10(3,4-11)16-9/h5-9,11-14H,4H2,1-3H3. The van der Waals surface area contributed by atoms with Gasteiger partial charge < -0.3 is 29.9 Å². The minimum Gasteiger partial charge on any atom is -0.393 e. The zero-order valence-corrected chi connectivity index (χ0v) is 9.70. The molecule has 0 spiro atoms. The summed E-state index contributed by atoms with van der Waals surface area (Å²) in [7, 11) is 0. The first-order chi connectivity index (χ1) is 7.31. The average molecular weight is 236 g/mol. The Balaban J connectivity index is 2.81. The van der Waals surface area contributed by atoms with Crippen molar-refractivity contribution < 1.29 is 29.9 Å². The first kappa shape index (κ1) is 13.8. The number of hydrogen-bond donors (Lipinski definition) is 4. The van der Waals surface area contributed by atoms with E-state index in [-0.39, 0.29) is 6.10 Å². The molecule has 1 saturated heterocycles. The molecule has 16 heavy (non-hydrogen) atoms. The van der Waals surface area contributed by atoms with Crippen LogP contribution in [0, 0.1) is 0 Å². The fourth-order valence-corrected chi connectivity index (χ4v) is 1.62. The number of aliphatic hydroxyl groups excluding tert-OH is 4. The van der Waals surface area contributed by atoms with E-state index < -0.39 is 36.8 Å². The molecule has 0 radical (unpaired) electrons. The number of rotatable bonds is 3. The smallest absolute Gasteiger partial charge is 0.187 e. The van der Waals surface area contributed by atoms with Gasteiger partial charge in [-0.15, -0.1) is 0 Å². The Labute approximate surface area is 94.4 Å². The molecule has 1 aliphatic rings. The molecule has 0 saturated carbocycles. The molecule has 5 unspecified atom stereocenters. The fraction of sp³-hybridized carbons (Fsp3) is 1.00. The first-order valence-corrected chi connectivity index (χ1v) is 5.30. The molecule has 1 aliphatic heterocycles. The van der Waals surface area contributed by atoms with E-state index in [0.29, 0.717) is 0 Å². The van der Waals surface area contributed by atoms with Gasteiger partial charge in [-0.05, 0) is 20.8 Å². The molecule has 5 atom stereocenters. The van der Waals surface area contributed by atoms with Crippen molar-refractivity contribution in [2.45, 2.75) is 57.1 Å². The van der Waals surface area contributed by atoms with Crippen LogP contribution < -0.4 is 0 Å². The normalized spacial score (nSPS) is 45.0. The zero-order valence-electron chi connectivity index (χ0n) is 9.70. The summed E-state index contributed by atoms with van der Waals surface area (Å²) < 4.78 is 10.6. The molecule has 1 heterocycles. The Bertz CT molecular complexity index is 233. The molecule has 1 fully saturated rings. The summed E-state index contributed by atoms with van der Waals surface area (Å²) in [5, 5.41) is 38.1. The second-order valence-electron chi connectivity index (χ2n) is 4.57. The van der Waals surface area contributed by atoms with Crippen LogP contribution in [0.5, 0.6) is 0 Å². The van der Waals surface area contributed by atoms with Gasteiger partial charge in [0, 0.05) is 0 Å². The van der Waals surface area contributed by atoms with Crippen LogP contribution in [0.15, 0.2) is 0 Å². The second kappa shape index (κ2) is 4.95. The third-order valence-corrected chi connectivity index (χ3v) is 2.68. The van der Waals surface area contributed by atoms with E-state index in [0.717, 1.165) is 0 Å². The van der Waals surface area contributed by atoms with E-state index in [2.05, 4.69) is 0 Å². The summed E-state index contributed by atoms with van der Waals surface area (Å²) >= 11 is 0. The highest BCUT2D eigenvalue weighted by molar-refractivity contribution is 4.97. The molecule has 0 aliphatic carbocycles. The van der Waals surface area contributed by atoms with Gasteiger partial charge in [0.05, 0.1) is 12.7 Å². The number of ether oxygens (including phenoxy) is 2. The molecule has 0 aromatic rings. The molecule has 4 N–H and O–H groups in total. The molecular formula is C10H20O6. The second-order valence-corrected chi connectivity index (χ2v) is 4.57. The van der Waals surface area contributed by atoms with Crippen LogP contribution in [-0.2, 0) is 9.47 Å². The lowest BCUT2D eigenvalue weighted by Crippen LogP contribution is -2.65. The Hall–Kier alpha value is -0.240. The van der Waals surface area contributed by atoms with E-state index in [1.807, 2.05) is 0 Å². The minimum atomic E-state index is -1.41. The van der Waals surface area contributed by atoms with Crippen molar-refractivity contribution in [1.82, 2.24) is 0 Å². The van der Waals surface area contributed by atoms with Gasteiger partial charge in [0.2, 0.25) is 0 Å². The van der Waals surface area contributed by atoms with Crippen LogP contribution in [0.2, 0.25) is 0 Å². The average Bonchev–Trinajstić information content (AvgIpc) is 2.22. The summed E-state index contributed by atoms with van der Waals surface area (Å²) in [5.41, 5.74) is -1.34. The van der Waals surface area contributed by atoms with Crippen molar-refractivity contribution in [2.24, 2.45) is 0 Å². The minimum absolute atomic E-state index is 0.204. The van der Waals surface area contributed by atoms with Gasteiger partial charge in [-0.3, -0.25) is 0 Å². The Morgan fingerprint density at radius 2 is 1.81 bits per heavy atom. The van der Waals surface area contributed by atoms with Crippen LogP contribution in [0.4, 0.5) is 0 Å². The lowest BCUT2D eigenvalue weighted by atomic mass is 9.89. The summed E-state index contributed by atoms with van der Waals surface area (Å²) in [4.78, 5) is 0. The van der Waals surface area contributed by atoms with Gasteiger partial charge in [0.15, 0.2) is 6.29 Å². The maximum atomic E-state index is 9.67. The monoisotopic (exact) mass is 236 g/mol. The van der Waals surface area contributed by atoms with Crippen LogP contribution in [0.3, 0.4) is 0 Å². The van der Waals surface area contributed by atoms with Crippen molar-refractivity contribution in [3.63, 3.8) is 0 Å². The van der Waals surface area contributed by atoms with Gasteiger partial charge >= 0.3 is 0 Å². The Morgan fingerprint density at radius 1 is 1.25 bits per heavy atom. The highest BCUT2D eigenvalue weighted by atomic mass is 16.7. The fourth-order valence-electron chi connectivity index (χ4n) is 1.62. The van der Waals surface area contributed by atoms with Crippen LogP contribution in [-0.4, -0.2) is 63.3 Å². The van der Waals surface area contributed by atoms with Crippen LogP contribution in [0.25, 0.3) is 0 Å². The van der Waals surface area contributed by atoms with E-state index in [1.165, 1.54) is 6.92 Å². The van der Waals surface area contributed by atoms with E-state index >= 15 is 0 Å². The Morgan fingerprint density at radius 3 is 2.25 bits per heavy atom. The zero-order chi connectivity index (χ0) is 12.5. The predicted octanol–water partition coefficient (Wildman–Crippen LogP) is -1.40. The number of hydrogen-bond acceptors (Lipinski definition) is 6. The Kier molecular flexibility index (Phi) is 4.28. The quantitative estimate of drug-likeness (QED) is 0.481. The third-order valence-electron chi connectivity index (χ3n) is 2.68. The molecule has 1 rings (SSSR count). The topological polar surface area (TPSA) is 99.4 Å². The summed E-state index contributed by atoms with van der Waals surface area (Å²) in [6.07, 6.45) is -5.37. The third kappa shape index (κ3) is 2.53. The number of aliphatic hydroxyl groups is 4. The van der Waals surface area contributed by atoms with Gasteiger partial charge in [-0.2, -0.15) is 0 Å². The predicted molar refractivity (Wildman–Crippen MR) is 54.6 cm³/mol. The van der Waals surface area contributed by atoms with E-state index in [4.69, 9.17) is 14.6 Å². The van der Waals surface area contributed by atoms with Crippen molar-refractivity contribution in [1.29, 1.82) is 0 Å². The molecule has 96 valence electrons. The summed E-state index contributed by atoms with van der Waals surface area (Å²) in [6.45, 7) is 4.48. The van der Waals surface area contributed by atoms with Gasteiger partial charge in [-0.1, -0.05) is 0 Å². The molecule has 0 aromatic carbocycles. The van der Waals surface area contributed by atoms with Crippen molar-refractivity contribution in [3.8, 4) is 0 Å². The molecule has 6 heteroatoms. The first-order valence-electron chi connectivity index (χ1n) is 5.30. The van der Waals surface area contributed by atoms with Crippen LogP contribution >= 0.6 is 0 Å². The largest absolute Gasteiger partial charge is 0.393 e. The molecule has 0 bridgehead atoms. The maximum Gasteiger partial charge on any atom is 0.187 e. The van der Waals surface area contributed by atoms with Gasteiger partial charge in [0.1, 0.15) is 23.9 Å². The summed E-state index contributed by atoms with van der Waals surface area (Å²) in [6, 6.07) is 0. The highest BCUT2D eigenvalue weighted by Crippen LogP contribution is 2.30. The van der Waals surface area contributed by atoms with E-state index in [1.54, 1.807) is 13.8 Å². The van der Waals surface area contributed by atoms with E-state index in [9.17, 15) is 15.3 Å². The van der Waals surface area contributed by atoms with Gasteiger partial charge in [-0.25, -0.2) is 0 Å². The van der Waals surface area contributed by atoms with Crippen molar-refractivity contribution >= 4 is 0 Å². The lowest BCUT2D eigenvalue weighted by molar-refractivity contribution is -0.339. The molecular weight excluding hydrogens is 216 g/mol. The molecule has 0 amide bonds. The van der Waals surface area contributed by atoms with Crippen molar-refractivity contribution in [2.75, 3.05) is 6.61 Å². The van der Waals surface area contributed by atoms with Crippen molar-refractivity contribution in [3.05, 3.63) is 0 Å². The van der Waals surface area contributed by atoms with Crippen LogP contribution in [0.1, 0.15) is 20.8 Å².